The number of nitrogens with zero attached hydrogens (tertiary/aromatic N) is 2. The maximum atomic E-state index is 12.9. The molecule has 0 fully saturated rings. The van der Waals surface area contributed by atoms with E-state index in [-0.39, 0.29) is 11.4 Å². The molecule has 1 aromatic carbocycles. The van der Waals surface area contributed by atoms with Crippen molar-refractivity contribution < 1.29 is 13.9 Å². The highest BCUT2D eigenvalue weighted by Gasteiger charge is 2.21. The van der Waals surface area contributed by atoms with E-state index < -0.39 is 5.91 Å². The number of hydrogen-bond donors (Lipinski definition) is 1. The van der Waals surface area contributed by atoms with Crippen LogP contribution < -0.4 is 10.5 Å². The van der Waals surface area contributed by atoms with Crippen molar-refractivity contribution >= 4 is 11.5 Å². The minimum atomic E-state index is -0.648. The first-order chi connectivity index (χ1) is 9.40. The van der Waals surface area contributed by atoms with Gasteiger partial charge in [-0.1, -0.05) is 6.58 Å². The molecular formula is C14H14FN3O2. The van der Waals surface area contributed by atoms with Gasteiger partial charge in [0.1, 0.15) is 11.6 Å². The van der Waals surface area contributed by atoms with Gasteiger partial charge in [-0.05, 0) is 31.2 Å². The standard InChI is InChI=1S/C14H14FN3O2/c1-8(13(16)19)12-9(2)17-18(3)14(12)20-11-6-4-10(15)5-7-11/h4-7H,1H2,2-3H3,(H2,16,19). The third-order valence-corrected chi connectivity index (χ3v) is 2.80. The van der Waals surface area contributed by atoms with Gasteiger partial charge in [0, 0.05) is 12.6 Å². The zero-order valence-electron chi connectivity index (χ0n) is 11.2. The normalized spacial score (nSPS) is 10.3. The average Bonchev–Trinajstić information content (AvgIpc) is 2.66. The maximum absolute atomic E-state index is 12.9. The summed E-state index contributed by atoms with van der Waals surface area (Å²) in [5.74, 6) is -0.254. The zero-order chi connectivity index (χ0) is 14.9. The molecule has 2 N–H and O–H groups in total. The Morgan fingerprint density at radius 3 is 2.55 bits per heavy atom. The molecule has 104 valence electrons. The molecule has 0 radical (unpaired) electrons. The van der Waals surface area contributed by atoms with E-state index in [0.717, 1.165) is 0 Å². The van der Waals surface area contributed by atoms with Crippen molar-refractivity contribution in [3.63, 3.8) is 0 Å². The minimum Gasteiger partial charge on any atom is -0.439 e. The lowest BCUT2D eigenvalue weighted by Crippen LogP contribution is -2.12. The van der Waals surface area contributed by atoms with Gasteiger partial charge in [0.25, 0.3) is 0 Å². The number of carbonyl (C=O) groups excluding carboxylic acids is 1. The summed E-state index contributed by atoms with van der Waals surface area (Å²) >= 11 is 0. The molecule has 1 amide bonds. The molecule has 1 heterocycles. The lowest BCUT2D eigenvalue weighted by Gasteiger charge is -2.09. The summed E-state index contributed by atoms with van der Waals surface area (Å²) in [5.41, 5.74) is 6.39. The second-order valence-corrected chi connectivity index (χ2v) is 4.29. The number of halogens is 1. The third-order valence-electron chi connectivity index (χ3n) is 2.80. The second-order valence-electron chi connectivity index (χ2n) is 4.29. The molecule has 0 aliphatic rings. The Morgan fingerprint density at radius 1 is 1.40 bits per heavy atom. The van der Waals surface area contributed by atoms with Crippen molar-refractivity contribution in [3.05, 3.63) is 47.9 Å². The molecule has 0 spiro atoms. The molecular weight excluding hydrogens is 261 g/mol. The molecule has 0 saturated heterocycles. The van der Waals surface area contributed by atoms with Crippen LogP contribution in [0.2, 0.25) is 0 Å². The van der Waals surface area contributed by atoms with Gasteiger partial charge in [-0.25, -0.2) is 9.07 Å². The van der Waals surface area contributed by atoms with Gasteiger partial charge in [0.05, 0.1) is 11.3 Å². The first-order valence-electron chi connectivity index (χ1n) is 5.86. The number of benzene rings is 1. The molecule has 0 bridgehead atoms. The van der Waals surface area contributed by atoms with Crippen LogP contribution in [0.5, 0.6) is 11.6 Å². The summed E-state index contributed by atoms with van der Waals surface area (Å²) < 4.78 is 20.0. The molecule has 6 heteroatoms. The van der Waals surface area contributed by atoms with Gasteiger partial charge < -0.3 is 10.5 Å². The van der Waals surface area contributed by atoms with Crippen molar-refractivity contribution in [2.75, 3.05) is 0 Å². The van der Waals surface area contributed by atoms with Crippen LogP contribution in [0.4, 0.5) is 4.39 Å². The van der Waals surface area contributed by atoms with Gasteiger partial charge >= 0.3 is 0 Å². The Bertz CT molecular complexity index is 674. The zero-order valence-corrected chi connectivity index (χ0v) is 11.2. The number of aromatic nitrogens is 2. The monoisotopic (exact) mass is 275 g/mol. The number of rotatable bonds is 4. The Labute approximate surface area is 115 Å². The lowest BCUT2D eigenvalue weighted by molar-refractivity contribution is -0.112. The van der Waals surface area contributed by atoms with Crippen LogP contribution in [-0.2, 0) is 11.8 Å². The molecule has 20 heavy (non-hydrogen) atoms. The van der Waals surface area contributed by atoms with Crippen molar-refractivity contribution in [2.24, 2.45) is 12.8 Å². The molecule has 2 aromatic rings. The molecule has 5 nitrogen and oxygen atoms in total. The number of amides is 1. The van der Waals surface area contributed by atoms with Crippen molar-refractivity contribution in [3.8, 4) is 11.6 Å². The van der Waals surface area contributed by atoms with Crippen molar-refractivity contribution in [2.45, 2.75) is 6.92 Å². The number of carbonyl (C=O) groups is 1. The number of nitrogens with two attached hydrogens (primary N) is 1. The molecule has 2 rings (SSSR count). The van der Waals surface area contributed by atoms with Crippen LogP contribution in [0.15, 0.2) is 30.8 Å². The van der Waals surface area contributed by atoms with E-state index in [1.807, 2.05) is 0 Å². The van der Waals surface area contributed by atoms with Crippen LogP contribution >= 0.6 is 0 Å². The van der Waals surface area contributed by atoms with E-state index in [9.17, 15) is 9.18 Å². The fourth-order valence-corrected chi connectivity index (χ4v) is 1.84. The lowest BCUT2D eigenvalue weighted by atomic mass is 10.1. The second kappa shape index (κ2) is 5.16. The summed E-state index contributed by atoms with van der Waals surface area (Å²) in [7, 11) is 1.67. The molecule has 1 aromatic heterocycles. The van der Waals surface area contributed by atoms with Gasteiger partial charge in [-0.2, -0.15) is 5.10 Å². The highest BCUT2D eigenvalue weighted by Crippen LogP contribution is 2.31. The quantitative estimate of drug-likeness (QED) is 0.869. The molecule has 0 atom stereocenters. The summed E-state index contributed by atoms with van der Waals surface area (Å²) in [6.45, 7) is 5.37. The highest BCUT2D eigenvalue weighted by molar-refractivity contribution is 6.18. The average molecular weight is 275 g/mol. The van der Waals surface area contributed by atoms with E-state index >= 15 is 0 Å². The van der Waals surface area contributed by atoms with E-state index in [4.69, 9.17) is 10.5 Å². The number of primary amides is 1. The third kappa shape index (κ3) is 2.54. The van der Waals surface area contributed by atoms with E-state index in [1.54, 1.807) is 14.0 Å². The SMILES string of the molecule is C=C(C(N)=O)c1c(C)nn(C)c1Oc1ccc(F)cc1. The summed E-state index contributed by atoms with van der Waals surface area (Å²) in [6, 6.07) is 5.52. The minimum absolute atomic E-state index is 0.118. The first kappa shape index (κ1) is 13.8. The van der Waals surface area contributed by atoms with Gasteiger partial charge in [-0.15, -0.1) is 0 Å². The van der Waals surface area contributed by atoms with Crippen LogP contribution in [-0.4, -0.2) is 15.7 Å². The van der Waals surface area contributed by atoms with Gasteiger partial charge in [0.15, 0.2) is 0 Å². The molecule has 0 unspecified atom stereocenters. The van der Waals surface area contributed by atoms with Crippen LogP contribution in [0, 0.1) is 12.7 Å². The Morgan fingerprint density at radius 2 is 2.00 bits per heavy atom. The Hall–Kier alpha value is -2.63. The smallest absolute Gasteiger partial charge is 0.248 e. The highest BCUT2D eigenvalue weighted by atomic mass is 19.1. The fraction of sp³-hybridized carbons (Fsp3) is 0.143. The molecule has 0 aliphatic heterocycles. The van der Waals surface area contributed by atoms with Crippen LogP contribution in [0.3, 0.4) is 0 Å². The largest absolute Gasteiger partial charge is 0.439 e. The van der Waals surface area contributed by atoms with E-state index in [1.165, 1.54) is 28.9 Å². The van der Waals surface area contributed by atoms with Crippen molar-refractivity contribution in [1.29, 1.82) is 0 Å². The number of aryl methyl sites for hydroxylation is 2. The predicted octanol–water partition coefficient (Wildman–Crippen LogP) is 2.16. The van der Waals surface area contributed by atoms with E-state index in [0.29, 0.717) is 22.9 Å². The summed E-state index contributed by atoms with van der Waals surface area (Å²) in [6.07, 6.45) is 0. The van der Waals surface area contributed by atoms with Crippen LogP contribution in [0.1, 0.15) is 11.3 Å². The Balaban J connectivity index is 2.43. The van der Waals surface area contributed by atoms with E-state index in [2.05, 4.69) is 11.7 Å². The molecule has 0 saturated carbocycles. The van der Waals surface area contributed by atoms with Gasteiger partial charge in [0.2, 0.25) is 11.8 Å². The number of hydrogen-bond acceptors (Lipinski definition) is 3. The maximum Gasteiger partial charge on any atom is 0.248 e. The summed E-state index contributed by atoms with van der Waals surface area (Å²) in [4.78, 5) is 11.3. The summed E-state index contributed by atoms with van der Waals surface area (Å²) in [5, 5.41) is 4.18. The predicted molar refractivity (Wildman–Crippen MR) is 72.6 cm³/mol. The Kier molecular flexibility index (Phi) is 3.56. The van der Waals surface area contributed by atoms with Gasteiger partial charge in [-0.3, -0.25) is 4.79 Å². The first-order valence-corrected chi connectivity index (χ1v) is 5.86. The number of ether oxygens (including phenoxy) is 1. The van der Waals surface area contributed by atoms with Crippen molar-refractivity contribution in [1.82, 2.24) is 9.78 Å². The van der Waals surface area contributed by atoms with Crippen LogP contribution in [0.25, 0.3) is 5.57 Å². The topological polar surface area (TPSA) is 70.1 Å². The fourth-order valence-electron chi connectivity index (χ4n) is 1.84. The molecule has 0 aliphatic carbocycles.